The first-order valence-corrected chi connectivity index (χ1v) is 11.4. The summed E-state index contributed by atoms with van der Waals surface area (Å²) in [5.41, 5.74) is 2.01. The Kier molecular flexibility index (Phi) is 5.53. The van der Waals surface area contributed by atoms with Gasteiger partial charge in [-0.2, -0.15) is 0 Å². The van der Waals surface area contributed by atoms with Crippen molar-refractivity contribution in [1.29, 1.82) is 0 Å². The van der Waals surface area contributed by atoms with E-state index < -0.39 is 5.91 Å². The first-order valence-electron chi connectivity index (χ1n) is 9.92. The highest BCUT2D eigenvalue weighted by Gasteiger charge is 2.42. The lowest BCUT2D eigenvalue weighted by Gasteiger charge is -2.36. The summed E-state index contributed by atoms with van der Waals surface area (Å²) in [4.78, 5) is 31.3. The second kappa shape index (κ2) is 8.33. The van der Waals surface area contributed by atoms with Crippen LogP contribution < -0.4 is 14.4 Å². The number of rotatable bonds is 4. The number of amides is 2. The van der Waals surface area contributed by atoms with Crippen LogP contribution in [0, 0.1) is 3.57 Å². The number of carbonyl (C=O) groups is 2. The Bertz CT molecular complexity index is 1100. The first-order chi connectivity index (χ1) is 15.0. The van der Waals surface area contributed by atoms with E-state index in [1.54, 1.807) is 12.1 Å². The van der Waals surface area contributed by atoms with Crippen LogP contribution >= 0.6 is 34.2 Å². The number of anilines is 1. The van der Waals surface area contributed by atoms with Gasteiger partial charge in [-0.3, -0.25) is 14.5 Å². The molecule has 1 saturated heterocycles. The number of halogens is 2. The van der Waals surface area contributed by atoms with Crippen molar-refractivity contribution in [2.24, 2.45) is 0 Å². The molecule has 0 atom stereocenters. The molecule has 1 fully saturated rings. The van der Waals surface area contributed by atoms with Crippen molar-refractivity contribution in [3.63, 3.8) is 0 Å². The third kappa shape index (κ3) is 3.77. The topological polar surface area (TPSA) is 62.3 Å². The maximum absolute atomic E-state index is 13.1. The largest absolute Gasteiger partial charge is 0.454 e. The highest BCUT2D eigenvalue weighted by Crippen LogP contribution is 2.35. The zero-order valence-corrected chi connectivity index (χ0v) is 19.4. The molecule has 0 saturated carbocycles. The maximum atomic E-state index is 13.1. The summed E-state index contributed by atoms with van der Waals surface area (Å²) in [7, 11) is 0. The molecule has 3 heterocycles. The van der Waals surface area contributed by atoms with E-state index in [1.165, 1.54) is 4.90 Å². The number of hydrogen-bond acceptors (Lipinski definition) is 6. The lowest BCUT2D eigenvalue weighted by Crippen LogP contribution is -2.47. The highest BCUT2D eigenvalue weighted by atomic mass is 127. The molecule has 0 N–H and O–H groups in total. The zero-order valence-electron chi connectivity index (χ0n) is 16.5. The van der Waals surface area contributed by atoms with Crippen LogP contribution in [0.5, 0.6) is 11.5 Å². The van der Waals surface area contributed by atoms with E-state index >= 15 is 0 Å². The van der Waals surface area contributed by atoms with E-state index in [9.17, 15) is 9.59 Å². The number of hydrogen-bond donors (Lipinski definition) is 0. The highest BCUT2D eigenvalue weighted by molar-refractivity contribution is 14.1. The molecule has 2 amide bonds. The molecule has 0 aliphatic carbocycles. The van der Waals surface area contributed by atoms with Crippen molar-refractivity contribution >= 4 is 51.7 Å². The van der Waals surface area contributed by atoms with Crippen molar-refractivity contribution in [3.05, 3.63) is 62.3 Å². The Morgan fingerprint density at radius 1 is 0.935 bits per heavy atom. The van der Waals surface area contributed by atoms with Crippen LogP contribution in [0.1, 0.15) is 5.56 Å². The molecule has 160 valence electrons. The maximum Gasteiger partial charge on any atom is 0.283 e. The molecule has 0 radical (unpaired) electrons. The van der Waals surface area contributed by atoms with E-state index in [2.05, 4.69) is 27.5 Å². The first kappa shape index (κ1) is 20.6. The van der Waals surface area contributed by atoms with E-state index in [1.807, 2.05) is 35.2 Å². The second-order valence-electron chi connectivity index (χ2n) is 7.51. The number of carbonyl (C=O) groups excluding carboxylic acids is 2. The van der Waals surface area contributed by atoms with Gasteiger partial charge in [-0.25, -0.2) is 4.90 Å². The minimum atomic E-state index is -0.464. The molecule has 3 aliphatic heterocycles. The van der Waals surface area contributed by atoms with Crippen LogP contribution in [0.3, 0.4) is 0 Å². The van der Waals surface area contributed by atoms with Gasteiger partial charge in [0.2, 0.25) is 6.79 Å². The molecule has 0 bridgehead atoms. The molecule has 9 heteroatoms. The van der Waals surface area contributed by atoms with Crippen molar-refractivity contribution in [2.75, 3.05) is 37.9 Å². The minimum absolute atomic E-state index is 0.00567. The van der Waals surface area contributed by atoms with Crippen molar-refractivity contribution in [3.8, 4) is 11.5 Å². The number of para-hydroxylation sites is 1. The van der Waals surface area contributed by atoms with Crippen molar-refractivity contribution in [1.82, 2.24) is 9.80 Å². The Balaban J connectivity index is 1.26. The Morgan fingerprint density at radius 2 is 1.68 bits per heavy atom. The fourth-order valence-corrected chi connectivity index (χ4v) is 4.96. The SMILES string of the molecule is O=C1C(Cl)=C(N2CCN(Cc3ccc4c(c3)OCO4)CC2)C(=O)N1c1ccccc1I. The van der Waals surface area contributed by atoms with Gasteiger partial charge in [0.1, 0.15) is 10.7 Å². The molecular formula is C22H19ClIN3O4. The van der Waals surface area contributed by atoms with Crippen LogP contribution in [0.2, 0.25) is 0 Å². The van der Waals surface area contributed by atoms with Crippen molar-refractivity contribution < 1.29 is 19.1 Å². The fraction of sp³-hybridized carbons (Fsp3) is 0.273. The number of nitrogens with zero attached hydrogens (tertiary/aromatic N) is 3. The lowest BCUT2D eigenvalue weighted by atomic mass is 10.1. The molecule has 2 aromatic carbocycles. The lowest BCUT2D eigenvalue weighted by molar-refractivity contribution is -0.121. The average molecular weight is 552 g/mol. The summed E-state index contributed by atoms with van der Waals surface area (Å²) < 4.78 is 11.6. The van der Waals surface area contributed by atoms with E-state index in [-0.39, 0.29) is 17.7 Å². The summed E-state index contributed by atoms with van der Waals surface area (Å²) in [6.07, 6.45) is 0. The molecule has 5 rings (SSSR count). The fourth-order valence-electron chi connectivity index (χ4n) is 4.04. The Morgan fingerprint density at radius 3 is 2.45 bits per heavy atom. The molecular weight excluding hydrogens is 533 g/mol. The van der Waals surface area contributed by atoms with Crippen LogP contribution in [-0.2, 0) is 16.1 Å². The number of benzene rings is 2. The van der Waals surface area contributed by atoms with E-state index in [0.717, 1.165) is 40.3 Å². The third-order valence-electron chi connectivity index (χ3n) is 5.63. The van der Waals surface area contributed by atoms with Gasteiger partial charge in [-0.1, -0.05) is 29.8 Å². The summed E-state index contributed by atoms with van der Waals surface area (Å²) in [5, 5.41) is -0.00567. The number of piperazine rings is 1. The smallest absolute Gasteiger partial charge is 0.283 e. The molecule has 3 aliphatic rings. The van der Waals surface area contributed by atoms with Gasteiger partial charge in [0.25, 0.3) is 11.8 Å². The number of ether oxygens (including phenoxy) is 2. The predicted molar refractivity (Wildman–Crippen MR) is 124 cm³/mol. The van der Waals surface area contributed by atoms with Crippen molar-refractivity contribution in [2.45, 2.75) is 6.54 Å². The third-order valence-corrected chi connectivity index (χ3v) is 6.88. The van der Waals surface area contributed by atoms with Crippen LogP contribution in [-0.4, -0.2) is 54.6 Å². The number of imide groups is 1. The van der Waals surface area contributed by atoms with Gasteiger partial charge in [0.15, 0.2) is 11.5 Å². The molecule has 0 spiro atoms. The van der Waals surface area contributed by atoms with Gasteiger partial charge in [0.05, 0.1) is 5.69 Å². The standard InChI is InChI=1S/C22H19ClIN3O4/c23-19-20(22(29)27(21(19)28)16-4-2-1-3-15(16)24)26-9-7-25(8-10-26)12-14-5-6-17-18(11-14)31-13-30-17/h1-6,11H,7-10,12-13H2. The summed E-state index contributed by atoms with van der Waals surface area (Å²) in [5.74, 6) is 0.730. The van der Waals surface area contributed by atoms with E-state index in [0.29, 0.717) is 24.5 Å². The molecule has 2 aromatic rings. The zero-order chi connectivity index (χ0) is 21.5. The molecule has 0 unspecified atom stereocenters. The predicted octanol–water partition coefficient (Wildman–Crippen LogP) is 3.16. The molecule has 0 aromatic heterocycles. The van der Waals surface area contributed by atoms with Crippen LogP contribution in [0.15, 0.2) is 53.2 Å². The van der Waals surface area contributed by atoms with Gasteiger partial charge >= 0.3 is 0 Å². The van der Waals surface area contributed by atoms with Crippen LogP contribution in [0.4, 0.5) is 5.69 Å². The van der Waals surface area contributed by atoms with Gasteiger partial charge in [0, 0.05) is 36.3 Å². The summed E-state index contributed by atoms with van der Waals surface area (Å²) >= 11 is 8.48. The monoisotopic (exact) mass is 551 g/mol. The normalized spacial score (nSPS) is 19.0. The van der Waals surface area contributed by atoms with E-state index in [4.69, 9.17) is 21.1 Å². The van der Waals surface area contributed by atoms with Gasteiger partial charge in [-0.15, -0.1) is 0 Å². The van der Waals surface area contributed by atoms with Crippen LogP contribution in [0.25, 0.3) is 0 Å². The van der Waals surface area contributed by atoms with Gasteiger partial charge < -0.3 is 14.4 Å². The molecule has 7 nitrogen and oxygen atoms in total. The Labute approximate surface area is 198 Å². The summed E-state index contributed by atoms with van der Waals surface area (Å²) in [6, 6.07) is 13.3. The number of fused-ring (bicyclic) bond motifs is 1. The second-order valence-corrected chi connectivity index (χ2v) is 9.05. The summed E-state index contributed by atoms with van der Waals surface area (Å²) in [6.45, 7) is 3.79. The van der Waals surface area contributed by atoms with Gasteiger partial charge in [-0.05, 0) is 52.4 Å². The molecule has 31 heavy (non-hydrogen) atoms. The quantitative estimate of drug-likeness (QED) is 0.430. The Hall–Kier alpha value is -2.30. The minimum Gasteiger partial charge on any atom is -0.454 e. The average Bonchev–Trinajstić information content (AvgIpc) is 3.32.